The van der Waals surface area contributed by atoms with Crippen LogP contribution in [0.1, 0.15) is 42.4 Å². The number of carboxylic acid groups (broad SMARTS) is 1. The summed E-state index contributed by atoms with van der Waals surface area (Å²) in [6.07, 6.45) is 3.89. The third-order valence-corrected chi connectivity index (χ3v) is 4.45. The summed E-state index contributed by atoms with van der Waals surface area (Å²) in [7, 11) is 0. The molecule has 2 unspecified atom stereocenters. The Hall–Kier alpha value is -1.40. The highest BCUT2D eigenvalue weighted by Crippen LogP contribution is 2.25. The van der Waals surface area contributed by atoms with E-state index >= 15 is 0 Å². The third-order valence-electron chi connectivity index (χ3n) is 4.45. The van der Waals surface area contributed by atoms with Crippen LogP contribution >= 0.6 is 0 Å². The largest absolute Gasteiger partial charge is 0.476 e. The van der Waals surface area contributed by atoms with E-state index < -0.39 is 5.97 Å². The fourth-order valence-corrected chi connectivity index (χ4v) is 3.32. The van der Waals surface area contributed by atoms with E-state index in [0.29, 0.717) is 24.4 Å². The molecule has 0 aromatic carbocycles. The topological polar surface area (TPSA) is 69.8 Å². The Labute approximate surface area is 118 Å². The summed E-state index contributed by atoms with van der Waals surface area (Å²) < 4.78 is 5.13. The first-order valence-electron chi connectivity index (χ1n) is 7.30. The molecule has 2 saturated heterocycles. The summed E-state index contributed by atoms with van der Waals surface area (Å²) >= 11 is 0. The SMILES string of the molecule is CC1CN2CCCCC2CN1Cc1cc(C(=O)O)no1. The van der Waals surface area contributed by atoms with E-state index in [1.54, 1.807) is 0 Å². The standard InChI is InChI=1S/C14H21N3O3/c1-10-7-16-5-3-2-4-11(16)8-17(10)9-12-6-13(14(18)19)15-20-12/h6,10-11H,2-5,7-9H2,1H3,(H,18,19). The predicted molar refractivity (Wildman–Crippen MR) is 72.5 cm³/mol. The molecule has 0 aliphatic carbocycles. The van der Waals surface area contributed by atoms with Gasteiger partial charge in [0.15, 0.2) is 11.5 Å². The first-order valence-corrected chi connectivity index (χ1v) is 7.30. The van der Waals surface area contributed by atoms with Crippen LogP contribution in [0.5, 0.6) is 0 Å². The lowest BCUT2D eigenvalue weighted by molar-refractivity contribution is 0.00724. The van der Waals surface area contributed by atoms with Gasteiger partial charge in [-0.05, 0) is 26.3 Å². The van der Waals surface area contributed by atoms with Gasteiger partial charge in [-0.15, -0.1) is 0 Å². The lowest BCUT2D eigenvalue weighted by Crippen LogP contribution is -2.58. The maximum absolute atomic E-state index is 10.8. The molecule has 0 spiro atoms. The number of piperidine rings is 1. The van der Waals surface area contributed by atoms with Crippen molar-refractivity contribution in [3.63, 3.8) is 0 Å². The van der Waals surface area contributed by atoms with Gasteiger partial charge in [-0.25, -0.2) is 4.79 Å². The Kier molecular flexibility index (Phi) is 3.76. The number of hydrogen-bond donors (Lipinski definition) is 1. The quantitative estimate of drug-likeness (QED) is 0.902. The van der Waals surface area contributed by atoms with E-state index in [-0.39, 0.29) is 5.69 Å². The number of carboxylic acids is 1. The van der Waals surface area contributed by atoms with Gasteiger partial charge in [0.1, 0.15) is 0 Å². The van der Waals surface area contributed by atoms with Gasteiger partial charge in [-0.1, -0.05) is 11.6 Å². The minimum Gasteiger partial charge on any atom is -0.476 e. The van der Waals surface area contributed by atoms with E-state index in [9.17, 15) is 4.79 Å². The zero-order valence-corrected chi connectivity index (χ0v) is 11.8. The van der Waals surface area contributed by atoms with Crippen LogP contribution in [0.2, 0.25) is 0 Å². The Morgan fingerprint density at radius 3 is 3.10 bits per heavy atom. The average molecular weight is 279 g/mol. The number of piperazine rings is 1. The van der Waals surface area contributed by atoms with Crippen molar-refractivity contribution in [3.05, 3.63) is 17.5 Å². The fraction of sp³-hybridized carbons (Fsp3) is 0.714. The van der Waals surface area contributed by atoms with Crippen LogP contribution < -0.4 is 0 Å². The number of aromatic nitrogens is 1. The fourth-order valence-electron chi connectivity index (χ4n) is 3.32. The van der Waals surface area contributed by atoms with Crippen molar-refractivity contribution in [2.24, 2.45) is 0 Å². The minimum absolute atomic E-state index is 0.0102. The van der Waals surface area contributed by atoms with Crippen LogP contribution in [0.25, 0.3) is 0 Å². The molecular weight excluding hydrogens is 258 g/mol. The Bertz CT molecular complexity index is 488. The van der Waals surface area contributed by atoms with E-state index in [2.05, 4.69) is 21.9 Å². The Balaban J connectivity index is 1.65. The smallest absolute Gasteiger partial charge is 0.358 e. The van der Waals surface area contributed by atoms with Crippen LogP contribution in [0.3, 0.4) is 0 Å². The molecule has 2 aliphatic rings. The van der Waals surface area contributed by atoms with Gasteiger partial charge in [0.05, 0.1) is 6.54 Å². The molecule has 0 bridgehead atoms. The van der Waals surface area contributed by atoms with E-state index in [1.807, 2.05) is 0 Å². The van der Waals surface area contributed by atoms with Crippen molar-refractivity contribution < 1.29 is 14.4 Å². The van der Waals surface area contributed by atoms with Crippen LogP contribution in [-0.2, 0) is 6.54 Å². The van der Waals surface area contributed by atoms with Crippen molar-refractivity contribution in [1.82, 2.24) is 15.0 Å². The zero-order chi connectivity index (χ0) is 14.1. The second kappa shape index (κ2) is 5.54. The third kappa shape index (κ3) is 2.71. The molecule has 0 amide bonds. The number of rotatable bonds is 3. The molecule has 1 N–H and O–H groups in total. The normalized spacial score (nSPS) is 28.2. The monoisotopic (exact) mass is 279 g/mol. The van der Waals surface area contributed by atoms with Gasteiger partial charge in [-0.3, -0.25) is 9.80 Å². The summed E-state index contributed by atoms with van der Waals surface area (Å²) in [6, 6.07) is 2.63. The van der Waals surface area contributed by atoms with Crippen LogP contribution in [0, 0.1) is 0 Å². The summed E-state index contributed by atoms with van der Waals surface area (Å²) in [6.45, 7) is 6.20. The minimum atomic E-state index is -1.04. The summed E-state index contributed by atoms with van der Waals surface area (Å²) in [5.41, 5.74) is -0.0102. The van der Waals surface area contributed by atoms with E-state index in [4.69, 9.17) is 9.63 Å². The highest BCUT2D eigenvalue weighted by Gasteiger charge is 2.33. The van der Waals surface area contributed by atoms with E-state index in [0.717, 1.165) is 13.1 Å². The van der Waals surface area contributed by atoms with Crippen molar-refractivity contribution in [3.8, 4) is 0 Å². The lowest BCUT2D eigenvalue weighted by Gasteiger charge is -2.47. The van der Waals surface area contributed by atoms with Crippen molar-refractivity contribution in [2.45, 2.75) is 44.8 Å². The molecule has 1 aromatic heterocycles. The second-order valence-electron chi connectivity index (χ2n) is 5.91. The average Bonchev–Trinajstić information content (AvgIpc) is 2.88. The molecule has 0 radical (unpaired) electrons. The summed E-state index contributed by atoms with van der Waals surface area (Å²) in [5, 5.41) is 12.4. The molecule has 6 heteroatoms. The molecular formula is C14H21N3O3. The highest BCUT2D eigenvalue weighted by molar-refractivity contribution is 5.85. The predicted octanol–water partition coefficient (Wildman–Crippen LogP) is 1.43. The van der Waals surface area contributed by atoms with Gasteiger partial charge >= 0.3 is 5.97 Å². The number of hydrogen-bond acceptors (Lipinski definition) is 5. The number of fused-ring (bicyclic) bond motifs is 1. The van der Waals surface area contributed by atoms with E-state index in [1.165, 1.54) is 31.9 Å². The van der Waals surface area contributed by atoms with Crippen molar-refractivity contribution in [2.75, 3.05) is 19.6 Å². The molecule has 2 atom stereocenters. The molecule has 2 fully saturated rings. The zero-order valence-electron chi connectivity index (χ0n) is 11.8. The van der Waals surface area contributed by atoms with Crippen molar-refractivity contribution >= 4 is 5.97 Å². The first kappa shape index (κ1) is 13.6. The molecule has 3 rings (SSSR count). The molecule has 6 nitrogen and oxygen atoms in total. The van der Waals surface area contributed by atoms with Gasteiger partial charge in [0, 0.05) is 31.2 Å². The Morgan fingerprint density at radius 1 is 1.50 bits per heavy atom. The molecule has 3 heterocycles. The van der Waals surface area contributed by atoms with Gasteiger partial charge in [-0.2, -0.15) is 0 Å². The maximum atomic E-state index is 10.8. The summed E-state index contributed by atoms with van der Waals surface area (Å²) in [4.78, 5) is 15.8. The molecule has 1 aromatic rings. The number of nitrogens with zero attached hydrogens (tertiary/aromatic N) is 3. The van der Waals surface area contributed by atoms with Gasteiger partial charge < -0.3 is 9.63 Å². The summed E-state index contributed by atoms with van der Waals surface area (Å²) in [5.74, 6) is -0.399. The molecule has 0 saturated carbocycles. The first-order chi connectivity index (χ1) is 9.63. The number of carbonyl (C=O) groups is 1. The van der Waals surface area contributed by atoms with Gasteiger partial charge in [0.25, 0.3) is 0 Å². The van der Waals surface area contributed by atoms with Gasteiger partial charge in [0.2, 0.25) is 0 Å². The van der Waals surface area contributed by atoms with Crippen LogP contribution in [0.15, 0.2) is 10.6 Å². The molecule has 20 heavy (non-hydrogen) atoms. The Morgan fingerprint density at radius 2 is 2.35 bits per heavy atom. The lowest BCUT2D eigenvalue weighted by atomic mass is 9.97. The molecule has 110 valence electrons. The maximum Gasteiger partial charge on any atom is 0.358 e. The molecule has 2 aliphatic heterocycles. The number of aromatic carboxylic acids is 1. The highest BCUT2D eigenvalue weighted by atomic mass is 16.5. The van der Waals surface area contributed by atoms with Crippen LogP contribution in [0.4, 0.5) is 0 Å². The van der Waals surface area contributed by atoms with Crippen molar-refractivity contribution in [1.29, 1.82) is 0 Å². The second-order valence-corrected chi connectivity index (χ2v) is 5.91. The van der Waals surface area contributed by atoms with Crippen LogP contribution in [-0.4, -0.2) is 57.8 Å².